The maximum absolute atomic E-state index is 5.61. The van der Waals surface area contributed by atoms with Gasteiger partial charge in [0.2, 0.25) is 0 Å². The van der Waals surface area contributed by atoms with E-state index in [1.54, 1.807) is 0 Å². The predicted octanol–water partition coefficient (Wildman–Crippen LogP) is 4.93. The van der Waals surface area contributed by atoms with Crippen LogP contribution in [0.3, 0.4) is 0 Å². The Morgan fingerprint density at radius 2 is 1.57 bits per heavy atom. The number of rotatable bonds is 5. The molecule has 0 N–H and O–H groups in total. The molecular formula is C20H22O. The largest absolute Gasteiger partial charge is 0.373 e. The summed E-state index contributed by atoms with van der Waals surface area (Å²) in [5.74, 6) is 0. The Balaban J connectivity index is 1.90. The third kappa shape index (κ3) is 2.03. The molecule has 1 saturated heterocycles. The van der Waals surface area contributed by atoms with Crippen molar-refractivity contribution in [2.45, 2.75) is 44.1 Å². The Bertz CT molecular complexity index is 609. The molecule has 0 bridgehead atoms. The molecule has 0 amide bonds. The Kier molecular flexibility index (Phi) is 3.11. The molecule has 1 nitrogen and oxygen atoms in total. The van der Waals surface area contributed by atoms with E-state index in [1.807, 2.05) is 0 Å². The molecule has 1 heterocycles. The van der Waals surface area contributed by atoms with E-state index < -0.39 is 0 Å². The lowest BCUT2D eigenvalue weighted by Crippen LogP contribution is -2.27. The smallest absolute Gasteiger partial charge is 0.0821 e. The lowest BCUT2D eigenvalue weighted by atomic mass is 9.71. The zero-order chi connectivity index (χ0) is 14.3. The molecule has 21 heavy (non-hydrogen) atoms. The van der Waals surface area contributed by atoms with E-state index in [1.165, 1.54) is 41.5 Å². The summed E-state index contributed by atoms with van der Waals surface area (Å²) in [6.45, 7) is 3.23. The summed E-state index contributed by atoms with van der Waals surface area (Å²) in [5.41, 5.74) is 6.09. The first-order valence-corrected chi connectivity index (χ1v) is 8.16. The minimum atomic E-state index is 0.171. The fourth-order valence-electron chi connectivity index (χ4n) is 4.06. The minimum absolute atomic E-state index is 0.171. The first kappa shape index (κ1) is 13.1. The quantitative estimate of drug-likeness (QED) is 0.706. The molecule has 1 aliphatic heterocycles. The highest BCUT2D eigenvalue weighted by Gasteiger charge is 2.46. The van der Waals surface area contributed by atoms with E-state index in [0.29, 0.717) is 6.10 Å². The van der Waals surface area contributed by atoms with Crippen LogP contribution in [0.5, 0.6) is 0 Å². The molecule has 0 aromatic heterocycles. The molecule has 0 saturated carbocycles. The molecule has 0 spiro atoms. The van der Waals surface area contributed by atoms with Crippen LogP contribution >= 0.6 is 0 Å². The number of epoxide rings is 1. The number of unbranched alkanes of at least 4 members (excludes halogenated alkanes) is 1. The van der Waals surface area contributed by atoms with Crippen molar-refractivity contribution in [3.05, 3.63) is 59.7 Å². The summed E-state index contributed by atoms with van der Waals surface area (Å²) >= 11 is 0. The summed E-state index contributed by atoms with van der Waals surface area (Å²) in [4.78, 5) is 0. The van der Waals surface area contributed by atoms with Gasteiger partial charge in [0.05, 0.1) is 12.7 Å². The Morgan fingerprint density at radius 3 is 2.10 bits per heavy atom. The highest BCUT2D eigenvalue weighted by atomic mass is 16.6. The van der Waals surface area contributed by atoms with Crippen molar-refractivity contribution in [2.24, 2.45) is 0 Å². The normalized spacial score (nSPS) is 20.9. The van der Waals surface area contributed by atoms with Crippen molar-refractivity contribution in [3.8, 4) is 11.1 Å². The summed E-state index contributed by atoms with van der Waals surface area (Å²) in [6.07, 6.45) is 5.35. The molecule has 4 rings (SSSR count). The van der Waals surface area contributed by atoms with E-state index in [9.17, 15) is 0 Å². The summed E-state index contributed by atoms with van der Waals surface area (Å²) in [7, 11) is 0. The van der Waals surface area contributed by atoms with Gasteiger partial charge in [-0.1, -0.05) is 68.3 Å². The second-order valence-corrected chi connectivity index (χ2v) is 6.44. The Morgan fingerprint density at radius 1 is 1.00 bits per heavy atom. The zero-order valence-electron chi connectivity index (χ0n) is 12.6. The van der Waals surface area contributed by atoms with Crippen LogP contribution in [0.1, 0.15) is 43.7 Å². The van der Waals surface area contributed by atoms with E-state index in [2.05, 4.69) is 55.5 Å². The maximum Gasteiger partial charge on any atom is 0.0821 e. The van der Waals surface area contributed by atoms with Crippen LogP contribution in [-0.2, 0) is 10.2 Å². The summed E-state index contributed by atoms with van der Waals surface area (Å²) in [6, 6.07) is 18.0. The molecule has 108 valence electrons. The van der Waals surface area contributed by atoms with Gasteiger partial charge in [-0.15, -0.1) is 0 Å². The fraction of sp³-hybridized carbons (Fsp3) is 0.400. The monoisotopic (exact) mass is 278 g/mol. The van der Waals surface area contributed by atoms with Crippen LogP contribution < -0.4 is 0 Å². The number of fused-ring (bicyclic) bond motifs is 3. The molecular weight excluding hydrogens is 256 g/mol. The van der Waals surface area contributed by atoms with Crippen LogP contribution in [0.25, 0.3) is 11.1 Å². The molecule has 2 aromatic rings. The van der Waals surface area contributed by atoms with Crippen molar-refractivity contribution in [3.63, 3.8) is 0 Å². The van der Waals surface area contributed by atoms with Gasteiger partial charge < -0.3 is 4.74 Å². The van der Waals surface area contributed by atoms with Crippen molar-refractivity contribution in [2.75, 3.05) is 6.61 Å². The van der Waals surface area contributed by atoms with Crippen LogP contribution in [-0.4, -0.2) is 12.7 Å². The second-order valence-electron chi connectivity index (χ2n) is 6.44. The van der Waals surface area contributed by atoms with Gasteiger partial charge in [-0.05, 0) is 35.1 Å². The van der Waals surface area contributed by atoms with E-state index in [4.69, 9.17) is 4.74 Å². The third-order valence-electron chi connectivity index (χ3n) is 5.11. The van der Waals surface area contributed by atoms with Gasteiger partial charge in [-0.25, -0.2) is 0 Å². The van der Waals surface area contributed by atoms with Crippen LogP contribution in [0.4, 0.5) is 0 Å². The average Bonchev–Trinajstić information content (AvgIpc) is 3.31. The van der Waals surface area contributed by atoms with Gasteiger partial charge in [0.1, 0.15) is 0 Å². The molecule has 2 aliphatic rings. The summed E-state index contributed by atoms with van der Waals surface area (Å²) < 4.78 is 5.61. The van der Waals surface area contributed by atoms with E-state index in [0.717, 1.165) is 13.0 Å². The molecule has 2 aromatic carbocycles. The van der Waals surface area contributed by atoms with Gasteiger partial charge in [0, 0.05) is 5.41 Å². The molecule has 1 heteroatoms. The zero-order valence-corrected chi connectivity index (χ0v) is 12.6. The topological polar surface area (TPSA) is 12.5 Å². The van der Waals surface area contributed by atoms with Crippen molar-refractivity contribution in [1.82, 2.24) is 0 Å². The molecule has 1 fully saturated rings. The van der Waals surface area contributed by atoms with Gasteiger partial charge in [-0.3, -0.25) is 0 Å². The predicted molar refractivity (Wildman–Crippen MR) is 86.5 cm³/mol. The summed E-state index contributed by atoms with van der Waals surface area (Å²) in [5, 5.41) is 0. The first-order chi connectivity index (χ1) is 10.3. The van der Waals surface area contributed by atoms with Gasteiger partial charge in [0.15, 0.2) is 0 Å². The SMILES string of the molecule is CCCCC1(C[C@@H]2CO2)c2ccccc2-c2ccccc21. The van der Waals surface area contributed by atoms with Crippen LogP contribution in [0.2, 0.25) is 0 Å². The van der Waals surface area contributed by atoms with Crippen LogP contribution in [0.15, 0.2) is 48.5 Å². The van der Waals surface area contributed by atoms with E-state index >= 15 is 0 Å². The second kappa shape index (κ2) is 4.99. The molecule has 1 atom stereocenters. The fourth-order valence-corrected chi connectivity index (χ4v) is 4.06. The van der Waals surface area contributed by atoms with Gasteiger partial charge in [0.25, 0.3) is 0 Å². The lowest BCUT2D eigenvalue weighted by Gasteiger charge is -2.32. The maximum atomic E-state index is 5.61. The number of hydrogen-bond donors (Lipinski definition) is 0. The molecule has 0 unspecified atom stereocenters. The average molecular weight is 278 g/mol. The minimum Gasteiger partial charge on any atom is -0.373 e. The molecule has 0 radical (unpaired) electrons. The lowest BCUT2D eigenvalue weighted by molar-refractivity contribution is 0.333. The number of benzene rings is 2. The highest BCUT2D eigenvalue weighted by molar-refractivity contribution is 5.81. The van der Waals surface area contributed by atoms with E-state index in [-0.39, 0.29) is 5.41 Å². The molecule has 1 aliphatic carbocycles. The Hall–Kier alpha value is -1.60. The number of ether oxygens (including phenoxy) is 1. The van der Waals surface area contributed by atoms with Crippen LogP contribution in [0, 0.1) is 0 Å². The van der Waals surface area contributed by atoms with Gasteiger partial charge >= 0.3 is 0 Å². The van der Waals surface area contributed by atoms with Crippen molar-refractivity contribution >= 4 is 0 Å². The standard InChI is InChI=1S/C20H22O/c1-2-3-12-20(13-15-14-21-15)18-10-6-4-8-16(18)17-9-5-7-11-19(17)20/h4-11,15H,2-3,12-14H2,1H3/t15-/m1/s1. The van der Waals surface area contributed by atoms with Crippen molar-refractivity contribution in [1.29, 1.82) is 0 Å². The number of hydrogen-bond acceptors (Lipinski definition) is 1. The van der Waals surface area contributed by atoms with Gasteiger partial charge in [-0.2, -0.15) is 0 Å². The first-order valence-electron chi connectivity index (χ1n) is 8.16. The highest BCUT2D eigenvalue weighted by Crippen LogP contribution is 2.54. The van der Waals surface area contributed by atoms with Crippen molar-refractivity contribution < 1.29 is 4.74 Å². The Labute approximate surface area is 127 Å². The third-order valence-corrected chi connectivity index (χ3v) is 5.11.